The number of fused-ring (bicyclic) bond motifs is 2. The van der Waals surface area contributed by atoms with Gasteiger partial charge >= 0.3 is 5.97 Å². The van der Waals surface area contributed by atoms with E-state index in [2.05, 4.69) is 52.7 Å². The zero-order valence-corrected chi connectivity index (χ0v) is 25.6. The van der Waals surface area contributed by atoms with Crippen LogP contribution in [0.15, 0.2) is 59.1 Å². The van der Waals surface area contributed by atoms with Crippen LogP contribution >= 0.6 is 15.9 Å². The Kier molecular flexibility index (Phi) is 7.66. The monoisotopic (exact) mass is 637 g/mol. The number of hydrogen-bond acceptors (Lipinski definition) is 5. The number of aromatic carboxylic acids is 1. The molecule has 0 radical (unpaired) electrons. The number of aryl methyl sites for hydroxylation is 1. The molecule has 2 amide bonds. The predicted octanol–water partition coefficient (Wildman–Crippen LogP) is 5.99. The molecular weight excluding hydrogens is 605 g/mol. The molecule has 220 valence electrons. The van der Waals surface area contributed by atoms with Crippen molar-refractivity contribution in [2.75, 3.05) is 17.7 Å². The van der Waals surface area contributed by atoms with Gasteiger partial charge in [-0.3, -0.25) is 9.59 Å². The Hall–Kier alpha value is -3.76. The maximum Gasteiger partial charge on any atom is 0.335 e. The van der Waals surface area contributed by atoms with Crippen molar-refractivity contribution in [3.8, 4) is 5.75 Å². The molecule has 42 heavy (non-hydrogen) atoms. The van der Waals surface area contributed by atoms with Gasteiger partial charge in [0.1, 0.15) is 17.0 Å². The molecule has 2 aliphatic heterocycles. The fourth-order valence-electron chi connectivity index (χ4n) is 6.43. The molecule has 8 nitrogen and oxygen atoms in total. The quantitative estimate of drug-likeness (QED) is 0.264. The number of hydrogen-bond donors (Lipinski definition) is 4. The minimum absolute atomic E-state index is 0.00311. The molecule has 0 saturated carbocycles. The summed E-state index contributed by atoms with van der Waals surface area (Å²) in [6.45, 7) is 8.11. The zero-order chi connectivity index (χ0) is 30.6. The summed E-state index contributed by atoms with van der Waals surface area (Å²) < 4.78 is 21.6. The van der Waals surface area contributed by atoms with Crippen LogP contribution in [0.3, 0.4) is 0 Å². The second-order valence-electron chi connectivity index (χ2n) is 12.2. The molecule has 2 aliphatic rings. The van der Waals surface area contributed by atoms with Crippen molar-refractivity contribution in [1.82, 2.24) is 5.32 Å². The number of benzene rings is 3. The highest BCUT2D eigenvalue weighted by atomic mass is 79.9. The Labute approximate surface area is 252 Å². The number of ether oxygens (including phenoxy) is 1. The topological polar surface area (TPSA) is 117 Å². The summed E-state index contributed by atoms with van der Waals surface area (Å²) >= 11 is 3.30. The first-order valence-electron chi connectivity index (χ1n) is 13.6. The largest absolute Gasteiger partial charge is 0.495 e. The Morgan fingerprint density at radius 1 is 1.14 bits per heavy atom. The van der Waals surface area contributed by atoms with Crippen LogP contribution in [0.2, 0.25) is 0 Å². The Morgan fingerprint density at radius 2 is 1.88 bits per heavy atom. The fourth-order valence-corrected chi connectivity index (χ4v) is 6.81. The van der Waals surface area contributed by atoms with Crippen LogP contribution in [0.5, 0.6) is 5.75 Å². The third-order valence-corrected chi connectivity index (χ3v) is 8.73. The molecule has 2 unspecified atom stereocenters. The summed E-state index contributed by atoms with van der Waals surface area (Å²) in [6, 6.07) is 13.2. The Morgan fingerprint density at radius 3 is 2.55 bits per heavy atom. The van der Waals surface area contributed by atoms with Gasteiger partial charge in [0.05, 0.1) is 28.9 Å². The van der Waals surface area contributed by atoms with Crippen LogP contribution in [0.25, 0.3) is 0 Å². The van der Waals surface area contributed by atoms with Crippen molar-refractivity contribution >= 4 is 45.1 Å². The molecule has 4 N–H and O–H groups in total. The van der Waals surface area contributed by atoms with Crippen LogP contribution in [0, 0.1) is 18.2 Å². The first-order valence-corrected chi connectivity index (χ1v) is 14.4. The fraction of sp³-hybridized carbons (Fsp3) is 0.344. The van der Waals surface area contributed by atoms with Gasteiger partial charge in [-0.15, -0.1) is 0 Å². The van der Waals surface area contributed by atoms with Crippen LogP contribution in [-0.2, 0) is 15.0 Å². The third-order valence-electron chi connectivity index (χ3n) is 8.12. The van der Waals surface area contributed by atoms with E-state index in [0.717, 1.165) is 5.56 Å². The average Bonchev–Trinajstić information content (AvgIpc) is 3.39. The molecule has 1 saturated heterocycles. The number of carbonyl (C=O) groups excluding carboxylic acids is 2. The van der Waals surface area contributed by atoms with Crippen molar-refractivity contribution in [3.05, 3.63) is 87.1 Å². The molecule has 2 heterocycles. The van der Waals surface area contributed by atoms with E-state index in [9.17, 15) is 19.5 Å². The van der Waals surface area contributed by atoms with Crippen LogP contribution in [-0.4, -0.2) is 42.1 Å². The summed E-state index contributed by atoms with van der Waals surface area (Å²) in [6.07, 6.45) is 0.514. The van der Waals surface area contributed by atoms with Crippen LogP contribution in [0.4, 0.5) is 15.8 Å². The number of anilines is 2. The first kappa shape index (κ1) is 29.7. The lowest BCUT2D eigenvalue weighted by atomic mass is 9.62. The number of carboxylic acids is 1. The minimum Gasteiger partial charge on any atom is -0.495 e. The summed E-state index contributed by atoms with van der Waals surface area (Å²) in [5, 5.41) is 18.8. The van der Waals surface area contributed by atoms with Crippen molar-refractivity contribution in [1.29, 1.82) is 0 Å². The molecule has 0 aromatic heterocycles. The van der Waals surface area contributed by atoms with Gasteiger partial charge in [0, 0.05) is 17.6 Å². The lowest BCUT2D eigenvalue weighted by molar-refractivity contribution is -0.122. The highest BCUT2D eigenvalue weighted by Gasteiger charge is 2.66. The van der Waals surface area contributed by atoms with Crippen molar-refractivity contribution in [2.24, 2.45) is 5.41 Å². The predicted molar refractivity (Wildman–Crippen MR) is 162 cm³/mol. The second-order valence-corrected chi connectivity index (χ2v) is 13.0. The number of carboxylic acid groups (broad SMARTS) is 1. The normalized spacial score (nSPS) is 23.0. The van der Waals surface area contributed by atoms with E-state index in [1.807, 2.05) is 25.1 Å². The van der Waals surface area contributed by atoms with Crippen LogP contribution in [0.1, 0.15) is 60.2 Å². The SMILES string of the molecule is COc1cc(C(=O)O)ccc1NC(=O)[C@@H]1NC(CC(C)(C)C)[C@@]2(C(=O)Nc3cc(C)ccc32)C1c1cccc(Br)c1F. The second kappa shape index (κ2) is 10.8. The van der Waals surface area contributed by atoms with Crippen molar-refractivity contribution in [2.45, 2.75) is 57.5 Å². The lowest BCUT2D eigenvalue weighted by Gasteiger charge is -2.37. The molecule has 10 heteroatoms. The molecule has 3 aromatic carbocycles. The van der Waals surface area contributed by atoms with E-state index in [0.29, 0.717) is 17.7 Å². The number of methoxy groups -OCH3 is 1. The van der Waals surface area contributed by atoms with E-state index < -0.39 is 41.1 Å². The standard InChI is InChI=1S/C32H33BrFN3O5/c1-16-9-11-19-22(13-16)36-30(41)32(19)24(15-31(2,3)4)37-27(25(32)18-7-6-8-20(33)26(18)34)28(38)35-21-12-10-17(29(39)40)14-23(21)42-5/h6-14,24-25,27,37H,15H2,1-5H3,(H,35,38)(H,36,41)(H,39,40)/t24?,25?,27-,32-/m1/s1. The third kappa shape index (κ3) is 4.96. The number of carbonyl (C=O) groups is 3. The lowest BCUT2D eigenvalue weighted by Crippen LogP contribution is -2.49. The van der Waals surface area contributed by atoms with Gasteiger partial charge in [-0.2, -0.15) is 0 Å². The molecule has 1 spiro atoms. The van der Waals surface area contributed by atoms with Gasteiger partial charge in [0.25, 0.3) is 0 Å². The number of halogens is 2. The van der Waals surface area contributed by atoms with E-state index in [1.165, 1.54) is 25.3 Å². The van der Waals surface area contributed by atoms with Gasteiger partial charge in [0.15, 0.2) is 0 Å². The van der Waals surface area contributed by atoms with Crippen LogP contribution < -0.4 is 20.7 Å². The highest BCUT2D eigenvalue weighted by molar-refractivity contribution is 9.10. The summed E-state index contributed by atoms with van der Waals surface area (Å²) in [4.78, 5) is 40.0. The van der Waals surface area contributed by atoms with Gasteiger partial charge in [0.2, 0.25) is 11.8 Å². The van der Waals surface area contributed by atoms with E-state index in [4.69, 9.17) is 4.74 Å². The molecule has 0 bridgehead atoms. The van der Waals surface area contributed by atoms with E-state index in [1.54, 1.807) is 18.2 Å². The van der Waals surface area contributed by atoms with Gasteiger partial charge in [-0.1, -0.05) is 45.0 Å². The Balaban J connectivity index is 1.70. The Bertz CT molecular complexity index is 1600. The molecule has 5 rings (SSSR count). The smallest absolute Gasteiger partial charge is 0.335 e. The highest BCUT2D eigenvalue weighted by Crippen LogP contribution is 2.57. The summed E-state index contributed by atoms with van der Waals surface area (Å²) in [5.74, 6) is -3.27. The van der Waals surface area contributed by atoms with E-state index in [-0.39, 0.29) is 38.4 Å². The van der Waals surface area contributed by atoms with Gasteiger partial charge in [-0.25, -0.2) is 9.18 Å². The maximum atomic E-state index is 16.0. The van der Waals surface area contributed by atoms with Gasteiger partial charge in [-0.05, 0) is 81.7 Å². The number of amides is 2. The average molecular weight is 639 g/mol. The maximum absolute atomic E-state index is 16.0. The van der Waals surface area contributed by atoms with Gasteiger partial charge < -0.3 is 25.8 Å². The first-order chi connectivity index (χ1) is 19.8. The number of rotatable bonds is 6. The van der Waals surface area contributed by atoms with Crippen molar-refractivity contribution < 1.29 is 28.6 Å². The molecule has 0 aliphatic carbocycles. The van der Waals surface area contributed by atoms with Crippen molar-refractivity contribution in [3.63, 3.8) is 0 Å². The number of nitrogens with one attached hydrogen (secondary N) is 3. The van der Waals surface area contributed by atoms with E-state index >= 15 is 4.39 Å². The summed E-state index contributed by atoms with van der Waals surface area (Å²) in [5.41, 5.74) is 1.23. The molecule has 1 fully saturated rings. The molecule has 3 aromatic rings. The minimum atomic E-state index is -1.31. The zero-order valence-electron chi connectivity index (χ0n) is 24.0. The summed E-state index contributed by atoms with van der Waals surface area (Å²) in [7, 11) is 1.38. The molecule has 4 atom stereocenters. The molecular formula is C32H33BrFN3O5.